The molecule has 36 heavy (non-hydrogen) atoms. The molecule has 0 spiro atoms. The van der Waals surface area contributed by atoms with Gasteiger partial charge in [-0.2, -0.15) is 0 Å². The number of anilines is 2. The lowest BCUT2D eigenvalue weighted by Crippen LogP contribution is -2.49. The Balaban J connectivity index is 1.51. The number of para-hydroxylation sites is 2. The number of nitrogens with zero attached hydrogens (tertiary/aromatic N) is 1. The maximum atomic E-state index is 13.7. The smallest absolute Gasteiger partial charge is 0.239 e. The molecule has 2 unspecified atom stereocenters. The van der Waals surface area contributed by atoms with Gasteiger partial charge in [0.2, 0.25) is 5.91 Å². The van der Waals surface area contributed by atoms with Gasteiger partial charge in [0.1, 0.15) is 5.82 Å². The molecule has 5 rings (SSSR count). The number of halogens is 1. The lowest BCUT2D eigenvalue weighted by molar-refractivity contribution is -0.121. The van der Waals surface area contributed by atoms with E-state index in [4.69, 9.17) is 0 Å². The van der Waals surface area contributed by atoms with Crippen LogP contribution >= 0.6 is 0 Å². The third-order valence-corrected chi connectivity index (χ3v) is 7.52. The predicted molar refractivity (Wildman–Crippen MR) is 141 cm³/mol. The van der Waals surface area contributed by atoms with E-state index in [1.165, 1.54) is 12.1 Å². The highest BCUT2D eigenvalue weighted by Crippen LogP contribution is 2.46. The number of ketones is 1. The van der Waals surface area contributed by atoms with Gasteiger partial charge in [-0.05, 0) is 66.8 Å². The van der Waals surface area contributed by atoms with Gasteiger partial charge in [-0.3, -0.25) is 9.59 Å². The molecule has 3 aliphatic rings. The Bertz CT molecular complexity index is 1210. The number of amides is 1. The van der Waals surface area contributed by atoms with Crippen LogP contribution in [0.4, 0.5) is 15.8 Å². The second-order valence-corrected chi connectivity index (χ2v) is 11.0. The summed E-state index contributed by atoms with van der Waals surface area (Å²) in [4.78, 5) is 29.1. The average molecular weight is 488 g/mol. The van der Waals surface area contributed by atoms with Crippen molar-refractivity contribution in [1.82, 2.24) is 5.32 Å². The third-order valence-electron chi connectivity index (χ3n) is 7.52. The summed E-state index contributed by atoms with van der Waals surface area (Å²) in [5, 5.41) is 6.61. The summed E-state index contributed by atoms with van der Waals surface area (Å²) in [6, 6.07) is 14.0. The summed E-state index contributed by atoms with van der Waals surface area (Å²) < 4.78 is 13.3. The van der Waals surface area contributed by atoms with Crippen LogP contribution in [0.25, 0.3) is 0 Å². The van der Waals surface area contributed by atoms with Crippen LogP contribution in [0.3, 0.4) is 0 Å². The van der Waals surface area contributed by atoms with Crippen LogP contribution in [0.5, 0.6) is 0 Å². The van der Waals surface area contributed by atoms with E-state index < -0.39 is 0 Å². The Morgan fingerprint density at radius 1 is 1.11 bits per heavy atom. The van der Waals surface area contributed by atoms with E-state index in [1.807, 2.05) is 24.3 Å². The Morgan fingerprint density at radius 2 is 1.89 bits per heavy atom. The fourth-order valence-electron chi connectivity index (χ4n) is 5.88. The first kappa shape index (κ1) is 24.3. The summed E-state index contributed by atoms with van der Waals surface area (Å²) in [5.41, 5.74) is 4.43. The number of benzene rings is 2. The summed E-state index contributed by atoms with van der Waals surface area (Å²) >= 11 is 0. The Kier molecular flexibility index (Phi) is 6.69. The molecular formula is C30H34FN3O2. The number of Topliss-reactive ketones (excluding diaryl/α,β-unsaturated/α-hetero) is 1. The molecule has 2 aromatic carbocycles. The van der Waals surface area contributed by atoms with E-state index in [-0.39, 0.29) is 41.4 Å². The van der Waals surface area contributed by atoms with Crippen LogP contribution in [-0.2, 0) is 16.1 Å². The van der Waals surface area contributed by atoms with Crippen molar-refractivity contribution in [2.24, 2.45) is 11.3 Å². The Labute approximate surface area is 212 Å². The lowest BCUT2D eigenvalue weighted by Gasteiger charge is -2.41. The molecule has 2 N–H and O–H groups in total. The molecular weight excluding hydrogens is 453 g/mol. The van der Waals surface area contributed by atoms with Crippen LogP contribution in [-0.4, -0.2) is 24.3 Å². The average Bonchev–Trinajstić information content (AvgIpc) is 2.98. The fourth-order valence-corrected chi connectivity index (χ4v) is 5.88. The number of hydrogen-bond donors (Lipinski definition) is 2. The quantitative estimate of drug-likeness (QED) is 0.528. The van der Waals surface area contributed by atoms with Crippen molar-refractivity contribution in [3.8, 4) is 0 Å². The highest BCUT2D eigenvalue weighted by Gasteiger charge is 2.43. The minimum absolute atomic E-state index is 0.115. The zero-order chi connectivity index (χ0) is 25.3. The number of nitrogens with one attached hydrogen (secondary N) is 2. The largest absolute Gasteiger partial charge is 0.357 e. The van der Waals surface area contributed by atoms with Crippen molar-refractivity contribution < 1.29 is 14.0 Å². The first-order valence-electron chi connectivity index (χ1n) is 12.9. The van der Waals surface area contributed by atoms with Gasteiger partial charge in [-0.25, -0.2) is 4.39 Å². The van der Waals surface area contributed by atoms with Gasteiger partial charge in [0.05, 0.1) is 24.0 Å². The molecule has 1 heterocycles. The van der Waals surface area contributed by atoms with Gasteiger partial charge in [0.25, 0.3) is 0 Å². The Morgan fingerprint density at radius 3 is 2.64 bits per heavy atom. The highest BCUT2D eigenvalue weighted by molar-refractivity contribution is 6.01. The predicted octanol–water partition coefficient (Wildman–Crippen LogP) is 5.74. The van der Waals surface area contributed by atoms with Crippen molar-refractivity contribution >= 4 is 23.1 Å². The zero-order valence-electron chi connectivity index (χ0n) is 21.0. The van der Waals surface area contributed by atoms with Crippen molar-refractivity contribution in [3.05, 3.63) is 83.3 Å². The monoisotopic (exact) mass is 487 g/mol. The molecule has 6 heteroatoms. The molecule has 5 nitrogen and oxygen atoms in total. The van der Waals surface area contributed by atoms with Crippen LogP contribution in [0.15, 0.2) is 72.0 Å². The van der Waals surface area contributed by atoms with Crippen LogP contribution in [0.2, 0.25) is 0 Å². The van der Waals surface area contributed by atoms with E-state index in [0.717, 1.165) is 53.9 Å². The minimum atomic E-state index is -0.299. The lowest BCUT2D eigenvalue weighted by atomic mass is 9.71. The van der Waals surface area contributed by atoms with Crippen LogP contribution in [0, 0.1) is 17.2 Å². The number of carbonyl (C=O) groups excluding carboxylic acids is 2. The second-order valence-electron chi connectivity index (χ2n) is 11.0. The van der Waals surface area contributed by atoms with Gasteiger partial charge in [0, 0.05) is 24.2 Å². The molecule has 0 radical (unpaired) electrons. The van der Waals surface area contributed by atoms with E-state index >= 15 is 0 Å². The van der Waals surface area contributed by atoms with Gasteiger partial charge in [-0.1, -0.05) is 50.3 Å². The number of allylic oxidation sites excluding steroid dienone is 3. The first-order valence-corrected chi connectivity index (χ1v) is 12.9. The number of rotatable bonds is 5. The van der Waals surface area contributed by atoms with E-state index in [0.29, 0.717) is 13.0 Å². The van der Waals surface area contributed by atoms with Gasteiger partial charge in [0.15, 0.2) is 5.78 Å². The minimum Gasteiger partial charge on any atom is -0.357 e. The summed E-state index contributed by atoms with van der Waals surface area (Å²) in [7, 11) is 0. The van der Waals surface area contributed by atoms with E-state index in [1.54, 1.807) is 12.1 Å². The molecule has 2 aromatic rings. The van der Waals surface area contributed by atoms with Gasteiger partial charge >= 0.3 is 0 Å². The Hall–Kier alpha value is -3.41. The molecule has 0 bridgehead atoms. The fraction of sp³-hybridized carbons (Fsp3) is 0.400. The molecule has 1 amide bonds. The second kappa shape index (κ2) is 9.92. The molecule has 0 fully saturated rings. The highest BCUT2D eigenvalue weighted by atomic mass is 19.1. The standard InChI is InChI=1S/C30H34FN3O2/c1-30(2)16-24-28(26(35)17-30)29(21-8-4-3-5-9-21)34(25-11-7-6-10-23(25)33-24)19-27(36)32-18-20-12-14-22(31)15-13-20/h3-4,6-7,10-15,21,29,33H,5,8-9,16-19H2,1-2H3,(H,32,36). The molecule has 2 atom stereocenters. The molecule has 0 aromatic heterocycles. The molecule has 2 aliphatic carbocycles. The SMILES string of the molecule is CC1(C)CC(=O)C2=C(C1)Nc1ccccc1N(CC(=O)NCc1ccc(F)cc1)C2C1CC=CCC1. The maximum Gasteiger partial charge on any atom is 0.239 e. The number of hydrogen-bond acceptors (Lipinski definition) is 4. The summed E-state index contributed by atoms with van der Waals surface area (Å²) in [6.07, 6.45) is 8.56. The summed E-state index contributed by atoms with van der Waals surface area (Å²) in [6.45, 7) is 4.75. The normalized spacial score (nSPS) is 22.9. The van der Waals surface area contributed by atoms with Crippen molar-refractivity contribution in [2.75, 3.05) is 16.8 Å². The van der Waals surface area contributed by atoms with Crippen molar-refractivity contribution in [2.45, 2.75) is 58.5 Å². The van der Waals surface area contributed by atoms with Gasteiger partial charge < -0.3 is 15.5 Å². The topological polar surface area (TPSA) is 61.4 Å². The molecule has 0 saturated heterocycles. The van der Waals surface area contributed by atoms with Gasteiger partial charge in [-0.15, -0.1) is 0 Å². The van der Waals surface area contributed by atoms with Crippen molar-refractivity contribution in [3.63, 3.8) is 0 Å². The third kappa shape index (κ3) is 5.08. The first-order chi connectivity index (χ1) is 17.3. The zero-order valence-corrected chi connectivity index (χ0v) is 21.0. The molecule has 188 valence electrons. The summed E-state index contributed by atoms with van der Waals surface area (Å²) in [5.74, 6) is -0.00788. The number of carbonyl (C=O) groups is 2. The van der Waals surface area contributed by atoms with Crippen LogP contribution in [0.1, 0.15) is 51.5 Å². The maximum absolute atomic E-state index is 13.7. The van der Waals surface area contributed by atoms with Crippen molar-refractivity contribution in [1.29, 1.82) is 0 Å². The van der Waals surface area contributed by atoms with E-state index in [2.05, 4.69) is 41.5 Å². The molecule has 0 saturated carbocycles. The molecule has 1 aliphatic heterocycles. The number of fused-ring (bicyclic) bond motifs is 1. The van der Waals surface area contributed by atoms with E-state index in [9.17, 15) is 14.0 Å². The van der Waals surface area contributed by atoms with Crippen LogP contribution < -0.4 is 15.5 Å².